The van der Waals surface area contributed by atoms with Crippen molar-refractivity contribution in [1.82, 2.24) is 25.5 Å². The van der Waals surface area contributed by atoms with Crippen LogP contribution in [0.25, 0.3) is 22.4 Å². The van der Waals surface area contributed by atoms with Gasteiger partial charge >= 0.3 is 0 Å². The lowest BCUT2D eigenvalue weighted by Gasteiger charge is -2.39. The molecule has 1 saturated heterocycles. The Balaban J connectivity index is 0.00000225. The molecule has 6 nitrogen and oxygen atoms in total. The van der Waals surface area contributed by atoms with Crippen LogP contribution >= 0.6 is 0 Å². The van der Waals surface area contributed by atoms with Crippen molar-refractivity contribution in [3.63, 3.8) is 0 Å². The van der Waals surface area contributed by atoms with E-state index in [-0.39, 0.29) is 12.9 Å². The van der Waals surface area contributed by atoms with E-state index in [0.717, 1.165) is 30.7 Å². The summed E-state index contributed by atoms with van der Waals surface area (Å²) < 4.78 is 14.6. The molecule has 0 spiro atoms. The third-order valence-electron chi connectivity index (χ3n) is 4.93. The van der Waals surface area contributed by atoms with E-state index in [2.05, 4.69) is 51.2 Å². The number of anilines is 1. The topological polar surface area (TPSA) is 69.7 Å². The van der Waals surface area contributed by atoms with Crippen molar-refractivity contribution < 1.29 is 5.82 Å². The largest absolute Gasteiger partial charge is 0.353 e. The zero-order chi connectivity index (χ0) is 19.0. The van der Waals surface area contributed by atoms with Gasteiger partial charge in [-0.3, -0.25) is 5.10 Å². The van der Waals surface area contributed by atoms with Crippen LogP contribution in [0.5, 0.6) is 0 Å². The third kappa shape index (κ3) is 3.64. The predicted octanol–water partition coefficient (Wildman–Crippen LogP) is 3.62. The molecule has 0 aromatic carbocycles. The summed E-state index contributed by atoms with van der Waals surface area (Å²) in [5.74, 6) is 1.05. The number of halogens is 1. The number of aromatic amines is 1. The molecule has 27 heavy (non-hydrogen) atoms. The van der Waals surface area contributed by atoms with Crippen LogP contribution in [-0.4, -0.2) is 45.3 Å². The number of piperazine rings is 1. The van der Waals surface area contributed by atoms with Crippen LogP contribution in [0.3, 0.4) is 0 Å². The number of rotatable bonds is 4. The Morgan fingerprint density at radius 3 is 2.96 bits per heavy atom. The quantitative estimate of drug-likeness (QED) is 0.734. The van der Waals surface area contributed by atoms with E-state index in [1.54, 1.807) is 12.3 Å². The molecule has 0 aliphatic carbocycles. The van der Waals surface area contributed by atoms with Gasteiger partial charge in [0.1, 0.15) is 11.5 Å². The first kappa shape index (κ1) is 17.9. The molecule has 0 saturated carbocycles. The Morgan fingerprint density at radius 1 is 1.30 bits per heavy atom. The summed E-state index contributed by atoms with van der Waals surface area (Å²) in [6.07, 6.45) is 2.77. The summed E-state index contributed by atoms with van der Waals surface area (Å²) in [6.45, 7) is 8.36. The van der Waals surface area contributed by atoms with E-state index < -0.39 is 0 Å². The zero-order valence-corrected chi connectivity index (χ0v) is 15.9. The van der Waals surface area contributed by atoms with Crippen molar-refractivity contribution in [3.8, 4) is 11.4 Å². The van der Waals surface area contributed by atoms with Crippen molar-refractivity contribution >= 4 is 16.9 Å². The van der Waals surface area contributed by atoms with Crippen LogP contribution in [0.1, 0.15) is 28.6 Å². The van der Waals surface area contributed by atoms with Crippen LogP contribution < -0.4 is 10.2 Å². The summed E-state index contributed by atoms with van der Waals surface area (Å²) >= 11 is 0. The van der Waals surface area contributed by atoms with Gasteiger partial charge in [0.25, 0.3) is 0 Å². The van der Waals surface area contributed by atoms with E-state index in [4.69, 9.17) is 0 Å². The number of H-pyrrole nitrogens is 1. The maximum Gasteiger partial charge on any atom is 0.181 e. The summed E-state index contributed by atoms with van der Waals surface area (Å²) in [5.41, 5.74) is 1.42. The average Bonchev–Trinajstić information content (AvgIpc) is 3.05. The van der Waals surface area contributed by atoms with Gasteiger partial charge in [0, 0.05) is 38.2 Å². The number of nitrogens with one attached hydrogen (secondary N) is 2. The fraction of sp³-hybridized carbons (Fsp3) is 0.450. The third-order valence-corrected chi connectivity index (χ3v) is 4.93. The number of nitrogens with zero attached hydrogens (tertiary/aromatic N) is 4. The Labute approximate surface area is 159 Å². The number of hydrogen-bond acceptors (Lipinski definition) is 5. The Hall–Kier alpha value is -2.54. The second-order valence-corrected chi connectivity index (χ2v) is 7.77. The van der Waals surface area contributed by atoms with E-state index >= 15 is 0 Å². The highest BCUT2D eigenvalue weighted by Gasteiger charge is 2.26. The van der Waals surface area contributed by atoms with Gasteiger partial charge in [0.05, 0.1) is 5.69 Å². The molecule has 2 atom stereocenters. The number of hydrogen-bond donors (Lipinski definition) is 2. The molecule has 2 N–H and O–H groups in total. The first-order chi connectivity index (χ1) is 13.0. The van der Waals surface area contributed by atoms with Gasteiger partial charge in [-0.1, -0.05) is 13.8 Å². The standard InChI is InChI=1S/C20H25FN6.H2/c1-12(2)9-14-11-27(10-13(3)23-14)17-7-6-16(21)19(24-17)18-15-5-4-8-22-20(15)26-25-18;/h4-8,12-14,23H,9-11H2,1-3H3,(H,22,25,26);1H/t13-,14-;/m0./s1. The minimum Gasteiger partial charge on any atom is -0.353 e. The Bertz CT molecular complexity index is 941. The van der Waals surface area contributed by atoms with E-state index in [0.29, 0.717) is 29.3 Å². The van der Waals surface area contributed by atoms with Crippen LogP contribution in [0, 0.1) is 11.7 Å². The molecule has 0 unspecified atom stereocenters. The average molecular weight is 370 g/mol. The zero-order valence-electron chi connectivity index (χ0n) is 15.9. The van der Waals surface area contributed by atoms with Crippen LogP contribution in [0.2, 0.25) is 0 Å². The molecule has 4 heterocycles. The normalized spacial score (nSPS) is 20.6. The lowest BCUT2D eigenvalue weighted by Crippen LogP contribution is -2.56. The van der Waals surface area contributed by atoms with Crippen molar-refractivity contribution in [3.05, 3.63) is 36.3 Å². The molecule has 7 heteroatoms. The van der Waals surface area contributed by atoms with Gasteiger partial charge in [-0.25, -0.2) is 14.4 Å². The van der Waals surface area contributed by atoms with Gasteiger partial charge in [0.2, 0.25) is 0 Å². The second kappa shape index (κ2) is 7.23. The van der Waals surface area contributed by atoms with Crippen molar-refractivity contribution in [2.75, 3.05) is 18.0 Å². The highest BCUT2D eigenvalue weighted by molar-refractivity contribution is 5.89. The molecule has 3 aromatic rings. The minimum absolute atomic E-state index is 0. The van der Waals surface area contributed by atoms with Gasteiger partial charge in [0.15, 0.2) is 11.5 Å². The molecule has 1 aliphatic heterocycles. The van der Waals surface area contributed by atoms with Gasteiger partial charge in [-0.05, 0) is 43.5 Å². The number of aromatic nitrogens is 4. The van der Waals surface area contributed by atoms with Gasteiger partial charge < -0.3 is 10.2 Å². The fourth-order valence-corrected chi connectivity index (χ4v) is 3.89. The summed E-state index contributed by atoms with van der Waals surface area (Å²) in [4.78, 5) is 11.1. The van der Waals surface area contributed by atoms with E-state index in [1.807, 2.05) is 12.1 Å². The summed E-state index contributed by atoms with van der Waals surface area (Å²) in [5, 5.41) is 11.5. The smallest absolute Gasteiger partial charge is 0.181 e. The lowest BCUT2D eigenvalue weighted by atomic mass is 10.00. The molecular weight excluding hydrogens is 343 g/mol. The summed E-state index contributed by atoms with van der Waals surface area (Å²) in [6, 6.07) is 7.71. The van der Waals surface area contributed by atoms with Crippen molar-refractivity contribution in [2.45, 2.75) is 39.3 Å². The van der Waals surface area contributed by atoms with E-state index in [1.165, 1.54) is 6.07 Å². The van der Waals surface area contributed by atoms with Crippen LogP contribution in [0.4, 0.5) is 10.2 Å². The highest BCUT2D eigenvalue weighted by Crippen LogP contribution is 2.28. The number of fused-ring (bicyclic) bond motifs is 1. The van der Waals surface area contributed by atoms with Gasteiger partial charge in [-0.15, -0.1) is 0 Å². The molecule has 1 fully saturated rings. The molecule has 0 amide bonds. The first-order valence-corrected chi connectivity index (χ1v) is 9.48. The van der Waals surface area contributed by atoms with Crippen LogP contribution in [0.15, 0.2) is 30.5 Å². The molecule has 1 aliphatic rings. The van der Waals surface area contributed by atoms with Crippen LogP contribution in [-0.2, 0) is 0 Å². The SMILES string of the molecule is CC(C)C[C@H]1CN(c2ccc(F)c(-c3[nH]nc4ncccc34)n2)C[C@H](C)N1.[HH]. The Kier molecular flexibility index (Phi) is 4.78. The summed E-state index contributed by atoms with van der Waals surface area (Å²) in [7, 11) is 0. The molecule has 0 bridgehead atoms. The lowest BCUT2D eigenvalue weighted by molar-refractivity contribution is 0.340. The fourth-order valence-electron chi connectivity index (χ4n) is 3.89. The van der Waals surface area contributed by atoms with Crippen molar-refractivity contribution in [1.29, 1.82) is 0 Å². The molecule has 4 rings (SSSR count). The molecule has 3 aromatic heterocycles. The maximum absolute atomic E-state index is 14.6. The van der Waals surface area contributed by atoms with Crippen molar-refractivity contribution in [2.24, 2.45) is 5.92 Å². The number of pyridine rings is 2. The monoisotopic (exact) mass is 370 g/mol. The molecular formula is C20H27FN6. The highest BCUT2D eigenvalue weighted by atomic mass is 19.1. The van der Waals surface area contributed by atoms with E-state index in [9.17, 15) is 4.39 Å². The van der Waals surface area contributed by atoms with Gasteiger partial charge in [-0.2, -0.15) is 5.10 Å². The maximum atomic E-state index is 14.6. The molecule has 0 radical (unpaired) electrons. The minimum atomic E-state index is -0.366. The second-order valence-electron chi connectivity index (χ2n) is 7.77. The Morgan fingerprint density at radius 2 is 2.15 bits per heavy atom. The first-order valence-electron chi connectivity index (χ1n) is 9.48. The predicted molar refractivity (Wildman–Crippen MR) is 107 cm³/mol. The molecule has 144 valence electrons.